The van der Waals surface area contributed by atoms with Crippen molar-refractivity contribution in [3.63, 3.8) is 0 Å². The average Bonchev–Trinajstić information content (AvgIpc) is 0.777. The zero-order valence-corrected chi connectivity index (χ0v) is 63.7. The maximum atomic E-state index is 15.7. The van der Waals surface area contributed by atoms with Crippen LogP contribution in [0.5, 0.6) is 11.5 Å². The van der Waals surface area contributed by atoms with E-state index >= 15 is 14.4 Å². The van der Waals surface area contributed by atoms with Crippen LogP contribution in [0.2, 0.25) is 0 Å². The van der Waals surface area contributed by atoms with Crippen molar-refractivity contribution in [2.24, 2.45) is 17.3 Å². The molecule has 100 heavy (non-hydrogen) atoms. The minimum atomic E-state index is -1.50. The SMILES string of the molecule is CCC(C)C1C(=O)C(C)(C)NCC(=O)C(C)(C)N(C)CC/C=C\C(=O)OCC(C)(C)C(=O)C(=O)N2CCCCC2C(=O)O[C@H](CCc2ccc(OC)c(OC)c2)c2cccc(c2)NC(=O)CCC(=O)C(C)(C)N(C)C(CC(C)C)C(=O)C(C)(C)N[C@H](Cc2ccccc2)C(=O)C(C)(C)N1C. The second kappa shape index (κ2) is 35.5. The van der Waals surface area contributed by atoms with Crippen LogP contribution >= 0.6 is 0 Å². The number of aryl methyl sites for hydroxylation is 1. The molecule has 3 aromatic rings. The lowest BCUT2D eigenvalue weighted by Gasteiger charge is -2.46. The van der Waals surface area contributed by atoms with E-state index in [0.717, 1.165) is 11.1 Å². The minimum Gasteiger partial charge on any atom is -0.493 e. The molecule has 2 amide bonds. The van der Waals surface area contributed by atoms with Crippen LogP contribution in [0.15, 0.2) is 84.9 Å². The monoisotopic (exact) mass is 1390 g/mol. The zero-order chi connectivity index (χ0) is 75.0. The molecule has 2 aliphatic heterocycles. The summed E-state index contributed by atoms with van der Waals surface area (Å²) in [6.07, 6.45) is 4.92. The zero-order valence-electron chi connectivity index (χ0n) is 63.7. The third kappa shape index (κ3) is 21.4. The summed E-state index contributed by atoms with van der Waals surface area (Å²) in [5, 5.41) is 9.74. The van der Waals surface area contributed by atoms with Crippen LogP contribution in [0.3, 0.4) is 0 Å². The number of ketones is 6. The number of piperidine rings is 1. The number of esters is 2. The van der Waals surface area contributed by atoms with Gasteiger partial charge >= 0.3 is 11.9 Å². The van der Waals surface area contributed by atoms with Gasteiger partial charge in [0.25, 0.3) is 5.91 Å². The first-order chi connectivity index (χ1) is 46.6. The van der Waals surface area contributed by atoms with Gasteiger partial charge in [-0.3, -0.25) is 63.7 Å². The summed E-state index contributed by atoms with van der Waals surface area (Å²) in [7, 11) is 8.38. The molecule has 0 aliphatic carbocycles. The van der Waals surface area contributed by atoms with Crippen molar-refractivity contribution in [2.75, 3.05) is 66.9 Å². The number of carbonyl (C=O) groups is 10. The molecule has 2 heterocycles. The molecule has 2 aliphatic rings. The normalized spacial score (nSPS) is 25.2. The number of hydrogen-bond donors (Lipinski definition) is 3. The number of cyclic esters (lactones) is 2. The van der Waals surface area contributed by atoms with E-state index in [9.17, 15) is 33.6 Å². The maximum absolute atomic E-state index is 15.7. The van der Waals surface area contributed by atoms with Crippen LogP contribution in [-0.2, 0) is 70.3 Å². The quantitative estimate of drug-likeness (QED) is 0.119. The number of fused-ring (bicyclic) bond motifs is 3. The summed E-state index contributed by atoms with van der Waals surface area (Å²) in [6, 6.07) is 18.1. The molecule has 6 atom stereocenters. The van der Waals surface area contributed by atoms with Crippen molar-refractivity contribution in [2.45, 2.75) is 239 Å². The fourth-order valence-corrected chi connectivity index (χ4v) is 13.0. The van der Waals surface area contributed by atoms with Gasteiger partial charge in [-0.15, -0.1) is 0 Å². The van der Waals surface area contributed by atoms with E-state index in [1.54, 1.807) is 132 Å². The largest absolute Gasteiger partial charge is 0.493 e. The van der Waals surface area contributed by atoms with Gasteiger partial charge in [-0.2, -0.15) is 0 Å². The van der Waals surface area contributed by atoms with Gasteiger partial charge in [0.2, 0.25) is 11.7 Å². The lowest BCUT2D eigenvalue weighted by molar-refractivity contribution is -0.165. The molecule has 4 unspecified atom stereocenters. The van der Waals surface area contributed by atoms with Gasteiger partial charge in [0, 0.05) is 37.7 Å². The number of benzene rings is 3. The van der Waals surface area contributed by atoms with Crippen molar-refractivity contribution in [3.05, 3.63) is 102 Å². The number of likely N-dealkylation sites (N-methyl/N-ethyl adjacent to an activating group) is 3. The molecule has 21 nitrogen and oxygen atoms in total. The van der Waals surface area contributed by atoms with Crippen LogP contribution in [0.25, 0.3) is 0 Å². The highest BCUT2D eigenvalue weighted by Crippen LogP contribution is 2.35. The molecule has 2 bridgehead atoms. The summed E-state index contributed by atoms with van der Waals surface area (Å²) in [4.78, 5) is 152. The molecule has 0 aromatic heterocycles. The second-order valence-electron chi connectivity index (χ2n) is 31.1. The molecule has 0 radical (unpaired) electrons. The Morgan fingerprint density at radius 2 is 1.32 bits per heavy atom. The highest BCUT2D eigenvalue weighted by atomic mass is 16.5. The molecule has 1 saturated heterocycles. The molecule has 5 rings (SSSR count). The minimum absolute atomic E-state index is 0.0111. The van der Waals surface area contributed by atoms with Gasteiger partial charge in [-0.1, -0.05) is 88.7 Å². The van der Waals surface area contributed by atoms with Crippen molar-refractivity contribution in [3.8, 4) is 11.5 Å². The van der Waals surface area contributed by atoms with Gasteiger partial charge in [0.1, 0.15) is 18.8 Å². The molecule has 0 saturated carbocycles. The van der Waals surface area contributed by atoms with E-state index < -0.39 is 99.5 Å². The predicted octanol–water partition coefficient (Wildman–Crippen LogP) is 10.3. The third-order valence-electron chi connectivity index (χ3n) is 20.9. The summed E-state index contributed by atoms with van der Waals surface area (Å²) in [6.45, 7) is 28.4. The van der Waals surface area contributed by atoms with E-state index in [-0.39, 0.29) is 85.9 Å². The topological polar surface area (TPSA) is 257 Å². The van der Waals surface area contributed by atoms with E-state index in [4.69, 9.17) is 18.9 Å². The number of nitrogens with zero attached hydrogens (tertiary/aromatic N) is 4. The first kappa shape index (κ1) is 83.4. The van der Waals surface area contributed by atoms with E-state index in [1.165, 1.54) is 39.0 Å². The van der Waals surface area contributed by atoms with Gasteiger partial charge in [-0.25, -0.2) is 9.59 Å². The Morgan fingerprint density at radius 1 is 0.660 bits per heavy atom. The lowest BCUT2D eigenvalue weighted by Crippen LogP contribution is -2.68. The number of ether oxygens (including phenoxy) is 4. The molecule has 0 spiro atoms. The van der Waals surface area contributed by atoms with Crippen LogP contribution < -0.4 is 25.4 Å². The summed E-state index contributed by atoms with van der Waals surface area (Å²) in [5.41, 5.74) is -5.20. The van der Waals surface area contributed by atoms with Gasteiger partial charge in [0.15, 0.2) is 40.4 Å². The van der Waals surface area contributed by atoms with E-state index in [1.807, 2.05) is 80.0 Å². The van der Waals surface area contributed by atoms with Crippen LogP contribution in [-0.4, -0.2) is 192 Å². The lowest BCUT2D eigenvalue weighted by atomic mass is 9.79. The molecule has 21 heteroatoms. The Bertz CT molecular complexity index is 3410. The van der Waals surface area contributed by atoms with Crippen LogP contribution in [0.1, 0.15) is 191 Å². The van der Waals surface area contributed by atoms with Crippen molar-refractivity contribution >= 4 is 64.1 Å². The number of methoxy groups -OCH3 is 2. The molecule has 3 N–H and O–H groups in total. The number of nitrogens with one attached hydrogen (secondary N) is 3. The Morgan fingerprint density at radius 3 is 1.95 bits per heavy atom. The molecule has 3 aromatic carbocycles. The van der Waals surface area contributed by atoms with Gasteiger partial charge < -0.3 is 29.2 Å². The Balaban J connectivity index is 1.54. The number of anilines is 1. The molecule has 552 valence electrons. The first-order valence-electron chi connectivity index (χ1n) is 35.5. The van der Waals surface area contributed by atoms with Crippen LogP contribution in [0.4, 0.5) is 5.69 Å². The van der Waals surface area contributed by atoms with Crippen molar-refractivity contribution < 1.29 is 66.9 Å². The Hall–Kier alpha value is -7.30. The summed E-state index contributed by atoms with van der Waals surface area (Å²) < 4.78 is 23.0. The standard InChI is InChI=1S/C79H117N7O14/c1-22-52(4)67-70(93)75(7,8)80-49-64(88)77(11,12)83(17)43-28-27-36-66(90)99-50-74(5,6)71(94)72(95)86-44-29-26-35-58(86)73(96)100-60(39-37-54-38-40-61(97-20)62(47-54)98-21)55-33-30-34-56(48-55)81-65(89)42-41-63(87)78(13,14)84(18)59(45-51(2)3)69(92)76(9,10)82-57(46-53-31-24-23-25-32-53)68(91)79(15,16)85(67)19/h23-25,27,30-34,36,38,40,47-48,51-52,57-60,67,80,82H,22,26,28-29,35,37,39,41-46,49-50H2,1-21H3,(H,81,89)/b36-27-/t52?,57-,58?,59?,60-,67?/m1/s1. The highest BCUT2D eigenvalue weighted by Gasteiger charge is 2.50. The fourth-order valence-electron chi connectivity index (χ4n) is 13.0. The number of Topliss-reactive ketones (excluding diaryl/α,β-unsaturated/α-hetero) is 6. The van der Waals surface area contributed by atoms with Gasteiger partial charge in [0.05, 0.1) is 72.0 Å². The Labute approximate surface area is 595 Å². The number of hydrogen-bond acceptors (Lipinski definition) is 19. The number of carbonyl (C=O) groups excluding carboxylic acids is 10. The average molecular weight is 1390 g/mol. The van der Waals surface area contributed by atoms with Crippen LogP contribution in [0, 0.1) is 17.3 Å². The van der Waals surface area contributed by atoms with Crippen molar-refractivity contribution in [1.82, 2.24) is 30.2 Å². The summed E-state index contributed by atoms with van der Waals surface area (Å²) >= 11 is 0. The van der Waals surface area contributed by atoms with E-state index in [0.29, 0.717) is 67.8 Å². The second-order valence-corrected chi connectivity index (χ2v) is 31.1. The summed E-state index contributed by atoms with van der Waals surface area (Å²) in [5.74, 6) is -4.18. The molecular weight excluding hydrogens is 1270 g/mol. The first-order valence-corrected chi connectivity index (χ1v) is 35.5. The maximum Gasteiger partial charge on any atom is 0.330 e. The molecule has 1 fully saturated rings. The third-order valence-corrected chi connectivity index (χ3v) is 20.9. The predicted molar refractivity (Wildman–Crippen MR) is 389 cm³/mol. The molecular formula is C79H117N7O14. The van der Waals surface area contributed by atoms with Crippen molar-refractivity contribution in [1.29, 1.82) is 0 Å². The van der Waals surface area contributed by atoms with E-state index in [2.05, 4.69) is 16.0 Å². The smallest absolute Gasteiger partial charge is 0.330 e. The Kier molecular flexibility index (Phi) is 29.6. The fraction of sp³-hybridized carbons (Fsp3) is 0.620. The number of rotatable bonds is 11. The number of amides is 2. The highest BCUT2D eigenvalue weighted by molar-refractivity contribution is 6.38. The van der Waals surface area contributed by atoms with Gasteiger partial charge in [-0.05, 0) is 208 Å².